The topological polar surface area (TPSA) is 53.1 Å². The van der Waals surface area contributed by atoms with E-state index in [0.717, 1.165) is 16.3 Å². The van der Waals surface area contributed by atoms with Crippen LogP contribution in [0.3, 0.4) is 0 Å². The van der Waals surface area contributed by atoms with E-state index in [4.69, 9.17) is 22.1 Å². The number of nitrogens with two attached hydrogens (primary N) is 1. The predicted octanol–water partition coefficient (Wildman–Crippen LogP) is 3.55. The lowest BCUT2D eigenvalue weighted by Crippen LogP contribution is -2.01. The van der Waals surface area contributed by atoms with Crippen LogP contribution in [0.5, 0.6) is 11.6 Å². The van der Waals surface area contributed by atoms with Crippen molar-refractivity contribution in [1.82, 2.24) is 9.78 Å². The van der Waals surface area contributed by atoms with Crippen LogP contribution in [0.25, 0.3) is 0 Å². The van der Waals surface area contributed by atoms with Gasteiger partial charge in [-0.2, -0.15) is 5.10 Å². The number of ether oxygens (including phenoxy) is 1. The molecule has 1 aromatic carbocycles. The second kappa shape index (κ2) is 4.90. The van der Waals surface area contributed by atoms with E-state index in [1.807, 2.05) is 39.0 Å². The van der Waals surface area contributed by atoms with Crippen LogP contribution in [0.1, 0.15) is 18.2 Å². The van der Waals surface area contributed by atoms with Crippen molar-refractivity contribution in [3.63, 3.8) is 0 Å². The number of aryl methyl sites for hydroxylation is 3. The number of rotatable bonds is 3. The molecule has 0 fully saturated rings. The van der Waals surface area contributed by atoms with Crippen molar-refractivity contribution in [2.75, 3.05) is 5.73 Å². The third-order valence-electron chi connectivity index (χ3n) is 2.77. The molecular formula is C13H16ClN3O. The maximum atomic E-state index is 5.98. The maximum Gasteiger partial charge on any atom is 0.241 e. The lowest BCUT2D eigenvalue weighted by molar-refractivity contribution is 0.418. The Morgan fingerprint density at radius 3 is 2.72 bits per heavy atom. The van der Waals surface area contributed by atoms with Crippen molar-refractivity contribution in [3.8, 4) is 11.6 Å². The number of hydrogen-bond donors (Lipinski definition) is 1. The number of nitrogens with zero attached hydrogens (tertiary/aromatic N) is 2. The first-order chi connectivity index (χ1) is 8.52. The highest BCUT2D eigenvalue weighted by Crippen LogP contribution is 2.31. The summed E-state index contributed by atoms with van der Waals surface area (Å²) in [4.78, 5) is 0. The SMILES string of the molecule is CCn1nc(C)c(N)c1Oc1ccc(Cl)c(C)c1. The van der Waals surface area contributed by atoms with Crippen LogP contribution in [-0.2, 0) is 6.54 Å². The molecule has 96 valence electrons. The highest BCUT2D eigenvalue weighted by molar-refractivity contribution is 6.31. The summed E-state index contributed by atoms with van der Waals surface area (Å²) in [6.07, 6.45) is 0. The molecule has 0 aliphatic rings. The zero-order valence-electron chi connectivity index (χ0n) is 10.7. The van der Waals surface area contributed by atoms with Crippen LogP contribution < -0.4 is 10.5 Å². The zero-order chi connectivity index (χ0) is 13.3. The first kappa shape index (κ1) is 12.8. The molecule has 4 nitrogen and oxygen atoms in total. The number of anilines is 1. The number of hydrogen-bond acceptors (Lipinski definition) is 3. The fourth-order valence-corrected chi connectivity index (χ4v) is 1.81. The van der Waals surface area contributed by atoms with Gasteiger partial charge in [-0.15, -0.1) is 0 Å². The quantitative estimate of drug-likeness (QED) is 0.923. The third-order valence-corrected chi connectivity index (χ3v) is 3.19. The Morgan fingerprint density at radius 1 is 1.39 bits per heavy atom. The molecular weight excluding hydrogens is 250 g/mol. The molecule has 2 aromatic rings. The molecule has 0 saturated carbocycles. The molecule has 0 aliphatic heterocycles. The second-order valence-corrected chi connectivity index (χ2v) is 4.54. The summed E-state index contributed by atoms with van der Waals surface area (Å²) in [6.45, 7) is 6.49. The van der Waals surface area contributed by atoms with Crippen molar-refractivity contribution < 1.29 is 4.74 Å². The molecule has 0 saturated heterocycles. The molecule has 0 spiro atoms. The number of nitrogen functional groups attached to an aromatic ring is 1. The average molecular weight is 266 g/mol. The van der Waals surface area contributed by atoms with Gasteiger partial charge in [0, 0.05) is 11.6 Å². The average Bonchev–Trinajstić information content (AvgIpc) is 2.61. The monoisotopic (exact) mass is 265 g/mol. The molecule has 1 heterocycles. The molecule has 18 heavy (non-hydrogen) atoms. The zero-order valence-corrected chi connectivity index (χ0v) is 11.5. The van der Waals surface area contributed by atoms with E-state index >= 15 is 0 Å². The number of aromatic nitrogens is 2. The largest absolute Gasteiger partial charge is 0.437 e. The third kappa shape index (κ3) is 2.29. The van der Waals surface area contributed by atoms with Gasteiger partial charge in [0.05, 0.1) is 5.69 Å². The minimum Gasteiger partial charge on any atom is -0.437 e. The lowest BCUT2D eigenvalue weighted by Gasteiger charge is -2.09. The van der Waals surface area contributed by atoms with Gasteiger partial charge < -0.3 is 10.5 Å². The van der Waals surface area contributed by atoms with Crippen molar-refractivity contribution >= 4 is 17.3 Å². The van der Waals surface area contributed by atoms with Gasteiger partial charge in [-0.3, -0.25) is 0 Å². The van der Waals surface area contributed by atoms with Crippen LogP contribution in [-0.4, -0.2) is 9.78 Å². The van der Waals surface area contributed by atoms with E-state index in [-0.39, 0.29) is 0 Å². The highest BCUT2D eigenvalue weighted by Gasteiger charge is 2.14. The molecule has 0 bridgehead atoms. The standard InChI is InChI=1S/C13H16ClN3O/c1-4-17-13(12(15)9(3)16-17)18-10-5-6-11(14)8(2)7-10/h5-7H,4,15H2,1-3H3. The van der Waals surface area contributed by atoms with E-state index in [0.29, 0.717) is 23.9 Å². The summed E-state index contributed by atoms with van der Waals surface area (Å²) in [6, 6.07) is 5.50. The van der Waals surface area contributed by atoms with Gasteiger partial charge in [0.1, 0.15) is 11.4 Å². The number of halogens is 1. The van der Waals surface area contributed by atoms with Gasteiger partial charge in [0.2, 0.25) is 5.88 Å². The van der Waals surface area contributed by atoms with Crippen LogP contribution >= 0.6 is 11.6 Å². The van der Waals surface area contributed by atoms with E-state index in [1.165, 1.54) is 0 Å². The van der Waals surface area contributed by atoms with E-state index < -0.39 is 0 Å². The fourth-order valence-electron chi connectivity index (χ4n) is 1.69. The molecule has 5 heteroatoms. The molecule has 0 unspecified atom stereocenters. The van der Waals surface area contributed by atoms with Crippen LogP contribution in [0.2, 0.25) is 5.02 Å². The van der Waals surface area contributed by atoms with Gasteiger partial charge in [0.15, 0.2) is 0 Å². The highest BCUT2D eigenvalue weighted by atomic mass is 35.5. The second-order valence-electron chi connectivity index (χ2n) is 4.13. The van der Waals surface area contributed by atoms with Crippen molar-refractivity contribution in [3.05, 3.63) is 34.5 Å². The lowest BCUT2D eigenvalue weighted by atomic mass is 10.2. The molecule has 0 atom stereocenters. The Morgan fingerprint density at radius 2 is 2.11 bits per heavy atom. The number of benzene rings is 1. The normalized spacial score (nSPS) is 10.7. The first-order valence-electron chi connectivity index (χ1n) is 5.79. The van der Waals surface area contributed by atoms with E-state index in [2.05, 4.69) is 5.10 Å². The fraction of sp³-hybridized carbons (Fsp3) is 0.308. The Labute approximate surface area is 111 Å². The van der Waals surface area contributed by atoms with Crippen molar-refractivity contribution in [1.29, 1.82) is 0 Å². The Balaban J connectivity index is 2.36. The van der Waals surface area contributed by atoms with Crippen molar-refractivity contribution in [2.24, 2.45) is 0 Å². The molecule has 0 radical (unpaired) electrons. The minimum absolute atomic E-state index is 0.574. The summed E-state index contributed by atoms with van der Waals surface area (Å²) in [5.74, 6) is 1.29. The van der Waals surface area contributed by atoms with Gasteiger partial charge in [-0.1, -0.05) is 11.6 Å². The van der Waals surface area contributed by atoms with E-state index in [9.17, 15) is 0 Å². The van der Waals surface area contributed by atoms with Crippen molar-refractivity contribution in [2.45, 2.75) is 27.3 Å². The Kier molecular flexibility index (Phi) is 3.48. The first-order valence-corrected chi connectivity index (χ1v) is 6.17. The van der Waals surface area contributed by atoms with Crippen LogP contribution in [0, 0.1) is 13.8 Å². The maximum absolute atomic E-state index is 5.98. The Bertz CT molecular complexity index is 578. The van der Waals surface area contributed by atoms with Crippen LogP contribution in [0.4, 0.5) is 5.69 Å². The Hall–Kier alpha value is -1.68. The van der Waals surface area contributed by atoms with Gasteiger partial charge in [-0.25, -0.2) is 4.68 Å². The summed E-state index contributed by atoms with van der Waals surface area (Å²) >= 11 is 5.98. The molecule has 2 rings (SSSR count). The van der Waals surface area contributed by atoms with Gasteiger partial charge in [0.25, 0.3) is 0 Å². The van der Waals surface area contributed by atoms with Crippen LogP contribution in [0.15, 0.2) is 18.2 Å². The summed E-state index contributed by atoms with van der Waals surface area (Å²) < 4.78 is 7.55. The summed E-state index contributed by atoms with van der Waals surface area (Å²) in [5.41, 5.74) is 8.27. The molecule has 1 aromatic heterocycles. The summed E-state index contributed by atoms with van der Waals surface area (Å²) in [7, 11) is 0. The predicted molar refractivity (Wildman–Crippen MR) is 73.3 cm³/mol. The van der Waals surface area contributed by atoms with Gasteiger partial charge in [-0.05, 0) is 44.5 Å². The minimum atomic E-state index is 0.574. The summed E-state index contributed by atoms with van der Waals surface area (Å²) in [5, 5.41) is 5.02. The van der Waals surface area contributed by atoms with E-state index in [1.54, 1.807) is 4.68 Å². The smallest absolute Gasteiger partial charge is 0.241 e. The molecule has 0 aliphatic carbocycles. The molecule has 0 amide bonds. The van der Waals surface area contributed by atoms with Gasteiger partial charge >= 0.3 is 0 Å². The molecule has 2 N–H and O–H groups in total.